The van der Waals surface area contributed by atoms with Gasteiger partial charge in [-0.3, -0.25) is 9.59 Å². The first-order chi connectivity index (χ1) is 13.7. The summed E-state index contributed by atoms with van der Waals surface area (Å²) in [6.45, 7) is 0.623. The van der Waals surface area contributed by atoms with Crippen LogP contribution in [0.15, 0.2) is 18.6 Å². The quantitative estimate of drug-likeness (QED) is 0.756. The summed E-state index contributed by atoms with van der Waals surface area (Å²) < 4.78 is 1.55. The Morgan fingerprint density at radius 1 is 1.21 bits per heavy atom. The maximum absolute atomic E-state index is 12.8. The Morgan fingerprint density at radius 3 is 2.75 bits per heavy atom. The number of aromatic nitrogens is 3. The summed E-state index contributed by atoms with van der Waals surface area (Å²) in [5, 5.41) is 16.2. The highest BCUT2D eigenvalue weighted by molar-refractivity contribution is 6.00. The molecule has 8 heteroatoms. The van der Waals surface area contributed by atoms with E-state index in [1.807, 2.05) is 4.90 Å². The van der Waals surface area contributed by atoms with Crippen LogP contribution in [0.4, 0.5) is 0 Å². The van der Waals surface area contributed by atoms with Crippen molar-refractivity contribution in [3.05, 3.63) is 29.7 Å². The number of hydrogen-bond acceptors (Lipinski definition) is 5. The average Bonchev–Trinajstić information content (AvgIpc) is 3.14. The molecule has 2 fully saturated rings. The minimum Gasteiger partial charge on any atom is -0.396 e. The van der Waals surface area contributed by atoms with Crippen molar-refractivity contribution in [1.82, 2.24) is 24.8 Å². The second kappa shape index (κ2) is 8.26. The molecule has 0 aromatic carbocycles. The van der Waals surface area contributed by atoms with Crippen molar-refractivity contribution in [1.29, 1.82) is 0 Å². The normalized spacial score (nSPS) is 21.2. The molecule has 28 heavy (non-hydrogen) atoms. The topological polar surface area (TPSA) is 99.8 Å². The summed E-state index contributed by atoms with van der Waals surface area (Å²) in [5.41, 5.74) is 1.73. The van der Waals surface area contributed by atoms with Crippen molar-refractivity contribution in [2.75, 3.05) is 13.2 Å². The SMILES string of the molecule is O=C(NC1CC(=O)N(C2CCCCCC2)C1)c1cnn2cc(CCO)cnc12. The van der Waals surface area contributed by atoms with Crippen molar-refractivity contribution >= 4 is 17.5 Å². The molecule has 1 saturated carbocycles. The number of carbonyl (C=O) groups excluding carboxylic acids is 2. The molecular formula is C20H27N5O3. The lowest BCUT2D eigenvalue weighted by Crippen LogP contribution is -2.40. The van der Waals surface area contributed by atoms with Gasteiger partial charge in [-0.1, -0.05) is 25.7 Å². The van der Waals surface area contributed by atoms with Crippen molar-refractivity contribution in [3.63, 3.8) is 0 Å². The molecule has 0 spiro atoms. The second-order valence-corrected chi connectivity index (χ2v) is 7.83. The smallest absolute Gasteiger partial charge is 0.257 e. The molecule has 1 aliphatic heterocycles. The van der Waals surface area contributed by atoms with Gasteiger partial charge in [0.2, 0.25) is 5.91 Å². The number of amides is 2. The van der Waals surface area contributed by atoms with E-state index in [1.54, 1.807) is 16.9 Å². The van der Waals surface area contributed by atoms with Gasteiger partial charge < -0.3 is 15.3 Å². The zero-order valence-electron chi connectivity index (χ0n) is 16.0. The fraction of sp³-hybridized carbons (Fsp3) is 0.600. The van der Waals surface area contributed by atoms with E-state index in [4.69, 9.17) is 5.11 Å². The molecule has 150 valence electrons. The van der Waals surface area contributed by atoms with Gasteiger partial charge in [0.25, 0.3) is 5.91 Å². The molecule has 1 atom stereocenters. The lowest BCUT2D eigenvalue weighted by molar-refractivity contribution is -0.129. The molecule has 2 amide bonds. The number of likely N-dealkylation sites (tertiary alicyclic amines) is 1. The largest absolute Gasteiger partial charge is 0.396 e. The first kappa shape index (κ1) is 18.9. The Balaban J connectivity index is 1.42. The van der Waals surface area contributed by atoms with Gasteiger partial charge in [0.15, 0.2) is 5.65 Å². The zero-order chi connectivity index (χ0) is 19.5. The van der Waals surface area contributed by atoms with Gasteiger partial charge in [0, 0.05) is 38.0 Å². The highest BCUT2D eigenvalue weighted by Crippen LogP contribution is 2.26. The molecule has 2 N–H and O–H groups in total. The van der Waals surface area contributed by atoms with Crippen LogP contribution in [0.2, 0.25) is 0 Å². The van der Waals surface area contributed by atoms with Crippen LogP contribution < -0.4 is 5.32 Å². The lowest BCUT2D eigenvalue weighted by Gasteiger charge is -2.27. The fourth-order valence-electron chi connectivity index (χ4n) is 4.35. The third-order valence-corrected chi connectivity index (χ3v) is 5.81. The zero-order valence-corrected chi connectivity index (χ0v) is 16.0. The van der Waals surface area contributed by atoms with Crippen LogP contribution in [0, 0.1) is 0 Å². The van der Waals surface area contributed by atoms with E-state index < -0.39 is 0 Å². The maximum atomic E-state index is 12.8. The number of aliphatic hydroxyl groups excluding tert-OH is 1. The minimum absolute atomic E-state index is 0.0367. The fourth-order valence-corrected chi connectivity index (χ4v) is 4.35. The van der Waals surface area contributed by atoms with E-state index in [2.05, 4.69) is 15.4 Å². The maximum Gasteiger partial charge on any atom is 0.257 e. The molecule has 1 saturated heterocycles. The van der Waals surface area contributed by atoms with Crippen LogP contribution in [0.25, 0.3) is 5.65 Å². The number of carbonyl (C=O) groups is 2. The number of rotatable bonds is 5. The van der Waals surface area contributed by atoms with E-state index in [-0.39, 0.29) is 24.5 Å². The number of aliphatic hydroxyl groups is 1. The predicted molar refractivity (Wildman–Crippen MR) is 103 cm³/mol. The van der Waals surface area contributed by atoms with Crippen molar-refractivity contribution < 1.29 is 14.7 Å². The standard InChI is InChI=1S/C20H27N5O3/c26-8-7-14-10-21-19-17(11-22-25(19)12-14)20(28)23-15-9-18(27)24(13-15)16-5-3-1-2-4-6-16/h10-12,15-16,26H,1-9,13H2,(H,23,28). The summed E-state index contributed by atoms with van der Waals surface area (Å²) in [6.07, 6.45) is 12.8. The summed E-state index contributed by atoms with van der Waals surface area (Å²) in [4.78, 5) is 31.6. The Hall–Kier alpha value is -2.48. The summed E-state index contributed by atoms with van der Waals surface area (Å²) in [7, 11) is 0. The average molecular weight is 385 g/mol. The van der Waals surface area contributed by atoms with E-state index in [0.717, 1.165) is 18.4 Å². The molecule has 0 bridgehead atoms. The third-order valence-electron chi connectivity index (χ3n) is 5.81. The van der Waals surface area contributed by atoms with E-state index in [0.29, 0.717) is 36.6 Å². The van der Waals surface area contributed by atoms with Crippen LogP contribution in [-0.2, 0) is 11.2 Å². The van der Waals surface area contributed by atoms with E-state index >= 15 is 0 Å². The Morgan fingerprint density at radius 2 is 2.00 bits per heavy atom. The lowest BCUT2D eigenvalue weighted by atomic mass is 10.1. The summed E-state index contributed by atoms with van der Waals surface area (Å²) in [5.74, 6) is -0.109. The summed E-state index contributed by atoms with van der Waals surface area (Å²) in [6, 6.07) is 0.146. The minimum atomic E-state index is -0.252. The molecule has 0 radical (unpaired) electrons. The highest BCUT2D eigenvalue weighted by Gasteiger charge is 2.35. The van der Waals surface area contributed by atoms with Crippen LogP contribution in [-0.4, -0.2) is 61.7 Å². The molecule has 1 aliphatic carbocycles. The number of nitrogens with one attached hydrogen (secondary N) is 1. The molecule has 8 nitrogen and oxygen atoms in total. The van der Waals surface area contributed by atoms with Crippen LogP contribution in [0.3, 0.4) is 0 Å². The predicted octanol–water partition coefficient (Wildman–Crippen LogP) is 1.32. The third kappa shape index (κ3) is 3.87. The monoisotopic (exact) mass is 385 g/mol. The van der Waals surface area contributed by atoms with Crippen LogP contribution in [0.5, 0.6) is 0 Å². The first-order valence-electron chi connectivity index (χ1n) is 10.2. The molecule has 2 aromatic rings. The van der Waals surface area contributed by atoms with E-state index in [9.17, 15) is 9.59 Å². The molecule has 2 aromatic heterocycles. The number of fused-ring (bicyclic) bond motifs is 1. The second-order valence-electron chi connectivity index (χ2n) is 7.83. The first-order valence-corrected chi connectivity index (χ1v) is 10.2. The summed E-state index contributed by atoms with van der Waals surface area (Å²) >= 11 is 0. The Bertz CT molecular complexity index is 857. The van der Waals surface area contributed by atoms with Crippen molar-refractivity contribution in [2.45, 2.75) is 63.5 Å². The van der Waals surface area contributed by atoms with Crippen LogP contribution in [0.1, 0.15) is 60.9 Å². The molecule has 4 rings (SSSR count). The van der Waals surface area contributed by atoms with Crippen molar-refractivity contribution in [3.8, 4) is 0 Å². The van der Waals surface area contributed by atoms with Gasteiger partial charge in [-0.25, -0.2) is 9.50 Å². The number of nitrogens with zero attached hydrogens (tertiary/aromatic N) is 4. The van der Waals surface area contributed by atoms with E-state index in [1.165, 1.54) is 31.9 Å². The molecular weight excluding hydrogens is 358 g/mol. The Kier molecular flexibility index (Phi) is 5.57. The van der Waals surface area contributed by atoms with Crippen LogP contribution >= 0.6 is 0 Å². The number of hydrogen-bond donors (Lipinski definition) is 2. The van der Waals surface area contributed by atoms with Gasteiger partial charge in [-0.2, -0.15) is 5.10 Å². The van der Waals surface area contributed by atoms with Gasteiger partial charge >= 0.3 is 0 Å². The highest BCUT2D eigenvalue weighted by atomic mass is 16.3. The molecule has 1 unspecified atom stereocenters. The van der Waals surface area contributed by atoms with Gasteiger partial charge in [-0.15, -0.1) is 0 Å². The molecule has 3 heterocycles. The van der Waals surface area contributed by atoms with Crippen molar-refractivity contribution in [2.24, 2.45) is 0 Å². The Labute approximate surface area is 163 Å². The molecule has 2 aliphatic rings. The van der Waals surface area contributed by atoms with Gasteiger partial charge in [0.05, 0.1) is 12.2 Å². The van der Waals surface area contributed by atoms with Gasteiger partial charge in [0.1, 0.15) is 5.56 Å². The van der Waals surface area contributed by atoms with Gasteiger partial charge in [-0.05, 0) is 24.8 Å².